The SMILES string of the molecule is CCOc1cc(C)nc([C@H]2OC(=O)N(C(=O)NCc3cccc4cccnc34)[C@H]2C)c1.Cc1cc(C)nc([C@H]2OC(=O)N(C(=O)CCc3cncc4ccccc34)[C@H]2CO)c1. The maximum absolute atomic E-state index is 12.9. The molecule has 0 radical (unpaired) electrons. The molecule has 15 heteroatoms. The number of benzene rings is 2. The molecule has 2 N–H and O–H groups in total. The third-order valence-corrected chi connectivity index (χ3v) is 10.5. The van der Waals surface area contributed by atoms with Gasteiger partial charge in [-0.2, -0.15) is 0 Å². The lowest BCUT2D eigenvalue weighted by molar-refractivity contribution is -0.130. The van der Waals surface area contributed by atoms with E-state index < -0.39 is 49.1 Å². The Balaban J connectivity index is 0.000000184. The van der Waals surface area contributed by atoms with Gasteiger partial charge in [-0.15, -0.1) is 0 Å². The smallest absolute Gasteiger partial charge is 0.419 e. The second-order valence-electron chi connectivity index (χ2n) is 14.9. The molecule has 6 heterocycles. The summed E-state index contributed by atoms with van der Waals surface area (Å²) in [5.74, 6) is 0.262. The summed E-state index contributed by atoms with van der Waals surface area (Å²) in [5, 5.41) is 15.8. The summed E-state index contributed by atoms with van der Waals surface area (Å²) in [7, 11) is 0. The van der Waals surface area contributed by atoms with E-state index in [0.717, 1.165) is 59.6 Å². The number of urea groups is 1. The van der Waals surface area contributed by atoms with Gasteiger partial charge in [-0.05, 0) is 81.3 Å². The number of nitrogens with zero attached hydrogens (tertiary/aromatic N) is 6. The van der Waals surface area contributed by atoms with Crippen molar-refractivity contribution in [1.82, 2.24) is 35.1 Å². The number of carbonyl (C=O) groups excluding carboxylic acids is 4. The number of hydrogen-bond acceptors (Lipinski definition) is 12. The fourth-order valence-electron chi connectivity index (χ4n) is 7.76. The monoisotopic (exact) mass is 825 g/mol. The number of hydrogen-bond donors (Lipinski definition) is 2. The molecule has 2 aliphatic heterocycles. The second-order valence-corrected chi connectivity index (χ2v) is 14.9. The standard InChI is InChI=1S/C23H24N4O4.C23H23N3O4/c1-4-30-18-11-14(2)26-19(12-18)21-15(3)27(23(29)31-21)22(28)25-13-17-8-5-7-16-9-6-10-24-20(16)17;1-14-9-15(2)25-19(10-14)22-20(13-27)26(23(29)30-22)21(28)8-7-17-12-24-11-16-5-3-4-6-18(16)17/h5-12,15,21H,4,13H2,1-3H3,(H,25,28);3-6,9-12,20,22,27H,7-8,13H2,1-2H3/t15-,21-;20-,22+/m00/s1. The minimum absolute atomic E-state index is 0.105. The molecule has 6 aromatic rings. The molecule has 15 nitrogen and oxygen atoms in total. The van der Waals surface area contributed by atoms with Gasteiger partial charge in [-0.1, -0.05) is 48.5 Å². The van der Waals surface area contributed by atoms with E-state index in [1.807, 2.05) is 100 Å². The number of aliphatic hydroxyl groups is 1. The van der Waals surface area contributed by atoms with Crippen molar-refractivity contribution in [3.63, 3.8) is 0 Å². The maximum Gasteiger partial charge on any atom is 0.419 e. The number of ether oxygens (including phenoxy) is 3. The minimum Gasteiger partial charge on any atom is -0.494 e. The molecule has 2 aromatic carbocycles. The van der Waals surface area contributed by atoms with Crippen LogP contribution in [0.2, 0.25) is 0 Å². The van der Waals surface area contributed by atoms with Gasteiger partial charge in [0.05, 0.1) is 36.2 Å². The molecular formula is C46H47N7O8. The largest absolute Gasteiger partial charge is 0.494 e. The van der Waals surface area contributed by atoms with Crippen LogP contribution in [0.15, 0.2) is 97.5 Å². The van der Waals surface area contributed by atoms with Crippen molar-refractivity contribution >= 4 is 45.8 Å². The van der Waals surface area contributed by atoms with Crippen molar-refractivity contribution in [2.45, 2.75) is 78.3 Å². The third-order valence-electron chi connectivity index (χ3n) is 10.5. The molecule has 4 atom stereocenters. The van der Waals surface area contributed by atoms with E-state index in [9.17, 15) is 24.3 Å². The van der Waals surface area contributed by atoms with E-state index >= 15 is 0 Å². The molecule has 0 aliphatic carbocycles. The second kappa shape index (κ2) is 18.5. The molecule has 2 fully saturated rings. The fraction of sp³-hybridized carbons (Fsp3) is 0.304. The number of cyclic esters (lactones) is 2. The number of carbonyl (C=O) groups is 4. The molecule has 4 aromatic heterocycles. The summed E-state index contributed by atoms with van der Waals surface area (Å²) < 4.78 is 16.5. The van der Waals surface area contributed by atoms with Crippen LogP contribution < -0.4 is 10.1 Å². The van der Waals surface area contributed by atoms with Gasteiger partial charge < -0.3 is 24.6 Å². The van der Waals surface area contributed by atoms with Crippen LogP contribution in [0.1, 0.15) is 71.9 Å². The number of pyridine rings is 4. The first-order chi connectivity index (χ1) is 29.4. The van der Waals surface area contributed by atoms with Gasteiger partial charge in [0.25, 0.3) is 0 Å². The van der Waals surface area contributed by atoms with E-state index in [1.54, 1.807) is 31.6 Å². The molecular weight excluding hydrogens is 779 g/mol. The van der Waals surface area contributed by atoms with Crippen LogP contribution in [0.3, 0.4) is 0 Å². The fourth-order valence-corrected chi connectivity index (χ4v) is 7.76. The molecule has 8 rings (SSSR count). The van der Waals surface area contributed by atoms with Crippen molar-refractivity contribution < 1.29 is 38.5 Å². The van der Waals surface area contributed by atoms with Gasteiger partial charge in [-0.3, -0.25) is 24.7 Å². The average Bonchev–Trinajstić information content (AvgIpc) is 3.75. The lowest BCUT2D eigenvalue weighted by atomic mass is 10.0. The molecule has 2 aliphatic rings. The lowest BCUT2D eigenvalue weighted by Gasteiger charge is -2.21. The van der Waals surface area contributed by atoms with Crippen LogP contribution in [-0.4, -0.2) is 84.3 Å². The van der Waals surface area contributed by atoms with Crippen LogP contribution in [-0.2, 0) is 27.2 Å². The van der Waals surface area contributed by atoms with Crippen molar-refractivity contribution in [3.8, 4) is 5.75 Å². The number of aromatic nitrogens is 4. The van der Waals surface area contributed by atoms with Crippen molar-refractivity contribution in [2.24, 2.45) is 0 Å². The Kier molecular flexibility index (Phi) is 12.8. The first-order valence-electron chi connectivity index (χ1n) is 20.1. The average molecular weight is 826 g/mol. The predicted molar refractivity (Wildman–Crippen MR) is 225 cm³/mol. The number of amides is 5. The first kappa shape index (κ1) is 42.1. The normalized spacial score (nSPS) is 18.4. The van der Waals surface area contributed by atoms with Crippen molar-refractivity contribution in [2.75, 3.05) is 13.2 Å². The molecule has 0 unspecified atom stereocenters. The number of imide groups is 2. The highest BCUT2D eigenvalue weighted by molar-refractivity contribution is 5.95. The van der Waals surface area contributed by atoms with E-state index in [0.29, 0.717) is 30.2 Å². The van der Waals surface area contributed by atoms with Gasteiger partial charge in [0.1, 0.15) is 11.8 Å². The maximum atomic E-state index is 12.9. The summed E-state index contributed by atoms with van der Waals surface area (Å²) >= 11 is 0. The zero-order valence-corrected chi connectivity index (χ0v) is 34.6. The number of fused-ring (bicyclic) bond motifs is 2. The quantitative estimate of drug-likeness (QED) is 0.140. The molecule has 0 bridgehead atoms. The number of para-hydroxylation sites is 1. The van der Waals surface area contributed by atoms with E-state index in [4.69, 9.17) is 14.2 Å². The van der Waals surface area contributed by atoms with Crippen LogP contribution in [0.4, 0.5) is 14.4 Å². The minimum atomic E-state index is -0.802. The van der Waals surface area contributed by atoms with E-state index in [1.165, 1.54) is 0 Å². The molecule has 314 valence electrons. The van der Waals surface area contributed by atoms with Gasteiger partial charge in [0.2, 0.25) is 5.91 Å². The van der Waals surface area contributed by atoms with Crippen LogP contribution in [0.25, 0.3) is 21.7 Å². The predicted octanol–water partition coefficient (Wildman–Crippen LogP) is 7.39. The van der Waals surface area contributed by atoms with Crippen LogP contribution in [0.5, 0.6) is 5.75 Å². The Morgan fingerprint density at radius 2 is 1.52 bits per heavy atom. The molecule has 2 saturated heterocycles. The lowest BCUT2D eigenvalue weighted by Crippen LogP contribution is -2.44. The topological polar surface area (TPSA) is 186 Å². The zero-order valence-electron chi connectivity index (χ0n) is 34.6. The Hall–Kier alpha value is -7.00. The highest BCUT2D eigenvalue weighted by Crippen LogP contribution is 2.35. The Bertz CT molecular complexity index is 2570. The Morgan fingerprint density at radius 1 is 0.820 bits per heavy atom. The number of aliphatic hydroxyl groups excluding tert-OH is 1. The number of aryl methyl sites for hydroxylation is 4. The first-order valence-corrected chi connectivity index (χ1v) is 20.1. The van der Waals surface area contributed by atoms with Gasteiger partial charge in [0.15, 0.2) is 12.2 Å². The highest BCUT2D eigenvalue weighted by Gasteiger charge is 2.47. The van der Waals surface area contributed by atoms with Crippen molar-refractivity contribution in [1.29, 1.82) is 0 Å². The molecule has 0 saturated carbocycles. The molecule has 5 amide bonds. The van der Waals surface area contributed by atoms with Crippen molar-refractivity contribution in [3.05, 3.63) is 137 Å². The summed E-state index contributed by atoms with van der Waals surface area (Å²) in [6.45, 7) is 9.63. The van der Waals surface area contributed by atoms with E-state index in [-0.39, 0.29) is 18.9 Å². The summed E-state index contributed by atoms with van der Waals surface area (Å²) in [6.07, 6.45) is 2.86. The summed E-state index contributed by atoms with van der Waals surface area (Å²) in [6, 6.07) is 22.9. The zero-order chi connectivity index (χ0) is 43.2. The Labute approximate surface area is 352 Å². The van der Waals surface area contributed by atoms with E-state index in [2.05, 4.69) is 25.3 Å². The van der Waals surface area contributed by atoms with Gasteiger partial charge in [0, 0.05) is 65.8 Å². The number of rotatable bonds is 10. The summed E-state index contributed by atoms with van der Waals surface area (Å²) in [5.41, 5.74) is 6.20. The van der Waals surface area contributed by atoms with Gasteiger partial charge >= 0.3 is 18.2 Å². The molecule has 0 spiro atoms. The van der Waals surface area contributed by atoms with Crippen LogP contribution in [0, 0.1) is 20.8 Å². The Morgan fingerprint density at radius 3 is 2.30 bits per heavy atom. The van der Waals surface area contributed by atoms with Gasteiger partial charge in [-0.25, -0.2) is 24.2 Å². The molecule has 61 heavy (non-hydrogen) atoms. The number of nitrogens with one attached hydrogen (secondary N) is 1. The van der Waals surface area contributed by atoms with Crippen LogP contribution >= 0.6 is 0 Å². The third kappa shape index (κ3) is 9.26. The highest BCUT2D eigenvalue weighted by atomic mass is 16.6. The summed E-state index contributed by atoms with van der Waals surface area (Å²) in [4.78, 5) is 70.4.